The maximum Gasteiger partial charge on any atom is 0.409 e. The van der Waals surface area contributed by atoms with E-state index in [-0.39, 0.29) is 12.0 Å². The van der Waals surface area contributed by atoms with Gasteiger partial charge in [0, 0.05) is 19.6 Å². The van der Waals surface area contributed by atoms with Gasteiger partial charge in [-0.15, -0.1) is 11.3 Å². The van der Waals surface area contributed by atoms with Crippen LogP contribution in [0, 0.1) is 0 Å². The number of cyclic esters (lactones) is 1. The molecule has 0 spiro atoms. The molecule has 1 fully saturated rings. The summed E-state index contributed by atoms with van der Waals surface area (Å²) in [6, 6.07) is 3.61. The van der Waals surface area contributed by atoms with Crippen LogP contribution in [0.15, 0.2) is 17.5 Å². The van der Waals surface area contributed by atoms with E-state index in [1.807, 2.05) is 11.4 Å². The van der Waals surface area contributed by atoms with Gasteiger partial charge in [0.05, 0.1) is 11.5 Å². The maximum atomic E-state index is 11.6. The zero-order valence-corrected chi connectivity index (χ0v) is 10.2. The van der Waals surface area contributed by atoms with Gasteiger partial charge in [-0.05, 0) is 17.9 Å². The number of ether oxygens (including phenoxy) is 1. The van der Waals surface area contributed by atoms with Crippen molar-refractivity contribution in [2.45, 2.75) is 6.42 Å². The Hall–Kier alpha value is -1.56. The van der Waals surface area contributed by atoms with Crippen molar-refractivity contribution < 1.29 is 14.3 Å². The highest BCUT2D eigenvalue weighted by Gasteiger charge is 2.19. The number of amides is 2. The van der Waals surface area contributed by atoms with E-state index in [1.54, 1.807) is 11.0 Å². The van der Waals surface area contributed by atoms with Gasteiger partial charge in [0.2, 0.25) is 0 Å². The largest absolute Gasteiger partial charge is 0.449 e. The molecule has 2 rings (SSSR count). The lowest BCUT2D eigenvalue weighted by Gasteiger charge is -2.26. The van der Waals surface area contributed by atoms with Crippen molar-refractivity contribution in [1.29, 1.82) is 0 Å². The molecule has 5 nitrogen and oxygen atoms in total. The third-order valence-corrected chi connectivity index (χ3v) is 3.34. The lowest BCUT2D eigenvalue weighted by atomic mass is 10.3. The number of carbonyl (C=O) groups excluding carboxylic acids is 2. The van der Waals surface area contributed by atoms with Crippen LogP contribution >= 0.6 is 11.3 Å². The Labute approximate surface area is 103 Å². The average molecular weight is 254 g/mol. The van der Waals surface area contributed by atoms with E-state index in [2.05, 4.69) is 5.32 Å². The Kier molecular flexibility index (Phi) is 3.98. The van der Waals surface area contributed by atoms with E-state index in [9.17, 15) is 9.59 Å². The smallest absolute Gasteiger partial charge is 0.409 e. The summed E-state index contributed by atoms with van der Waals surface area (Å²) < 4.78 is 4.90. The topological polar surface area (TPSA) is 58.6 Å². The van der Waals surface area contributed by atoms with Gasteiger partial charge < -0.3 is 15.0 Å². The van der Waals surface area contributed by atoms with E-state index >= 15 is 0 Å². The van der Waals surface area contributed by atoms with Crippen molar-refractivity contribution in [3.8, 4) is 0 Å². The van der Waals surface area contributed by atoms with E-state index in [1.165, 1.54) is 11.3 Å². The highest BCUT2D eigenvalue weighted by atomic mass is 32.1. The van der Waals surface area contributed by atoms with Crippen molar-refractivity contribution in [3.63, 3.8) is 0 Å². The number of hydrogen-bond acceptors (Lipinski definition) is 4. The Morgan fingerprint density at radius 1 is 1.59 bits per heavy atom. The minimum Gasteiger partial charge on any atom is -0.449 e. The van der Waals surface area contributed by atoms with Crippen LogP contribution in [0.1, 0.15) is 16.1 Å². The first-order valence-electron chi connectivity index (χ1n) is 5.51. The molecule has 0 saturated carbocycles. The summed E-state index contributed by atoms with van der Waals surface area (Å²) in [5.74, 6) is -0.0922. The average Bonchev–Trinajstić information content (AvgIpc) is 2.85. The number of rotatable bonds is 4. The van der Waals surface area contributed by atoms with Crippen LogP contribution < -0.4 is 5.32 Å². The van der Waals surface area contributed by atoms with E-state index in [4.69, 9.17) is 4.74 Å². The van der Waals surface area contributed by atoms with Crippen molar-refractivity contribution in [3.05, 3.63) is 22.4 Å². The van der Waals surface area contributed by atoms with Gasteiger partial charge in [0.25, 0.3) is 5.91 Å². The third kappa shape index (κ3) is 3.20. The molecule has 0 atom stereocenters. The second-order valence-electron chi connectivity index (χ2n) is 3.69. The highest BCUT2D eigenvalue weighted by molar-refractivity contribution is 7.12. The molecular weight excluding hydrogens is 240 g/mol. The molecule has 0 unspecified atom stereocenters. The van der Waals surface area contributed by atoms with Crippen molar-refractivity contribution >= 4 is 23.3 Å². The molecule has 92 valence electrons. The lowest BCUT2D eigenvalue weighted by molar-refractivity contribution is 0.0720. The van der Waals surface area contributed by atoms with Crippen LogP contribution in [0.5, 0.6) is 0 Å². The summed E-state index contributed by atoms with van der Waals surface area (Å²) in [5, 5.41) is 4.63. The van der Waals surface area contributed by atoms with Crippen molar-refractivity contribution in [1.82, 2.24) is 10.2 Å². The first-order chi connectivity index (χ1) is 8.27. The summed E-state index contributed by atoms with van der Waals surface area (Å²) in [4.78, 5) is 25.2. The summed E-state index contributed by atoms with van der Waals surface area (Å²) >= 11 is 1.40. The molecule has 1 aliphatic rings. The van der Waals surface area contributed by atoms with Gasteiger partial charge in [-0.3, -0.25) is 4.79 Å². The lowest BCUT2D eigenvalue weighted by Crippen LogP contribution is -2.42. The zero-order valence-electron chi connectivity index (χ0n) is 9.35. The Balaban J connectivity index is 1.72. The molecule has 2 amide bonds. The van der Waals surface area contributed by atoms with E-state index in [0.717, 1.165) is 6.42 Å². The number of carbonyl (C=O) groups is 2. The molecule has 1 saturated heterocycles. The molecule has 17 heavy (non-hydrogen) atoms. The van der Waals surface area contributed by atoms with Crippen LogP contribution in [0.3, 0.4) is 0 Å². The number of nitrogens with zero attached hydrogens (tertiary/aromatic N) is 1. The van der Waals surface area contributed by atoms with E-state index < -0.39 is 0 Å². The molecule has 2 heterocycles. The van der Waals surface area contributed by atoms with Crippen LogP contribution in [0.2, 0.25) is 0 Å². The molecule has 1 aromatic rings. The maximum absolute atomic E-state index is 11.6. The summed E-state index contributed by atoms with van der Waals surface area (Å²) in [6.45, 7) is 2.15. The molecule has 1 aromatic heterocycles. The monoisotopic (exact) mass is 254 g/mol. The van der Waals surface area contributed by atoms with E-state index in [0.29, 0.717) is 31.1 Å². The molecule has 1 N–H and O–H groups in total. The second kappa shape index (κ2) is 5.67. The number of nitrogens with one attached hydrogen (secondary N) is 1. The van der Waals surface area contributed by atoms with Crippen LogP contribution in [-0.4, -0.2) is 43.1 Å². The minimum absolute atomic E-state index is 0.0922. The van der Waals surface area contributed by atoms with Gasteiger partial charge in [-0.2, -0.15) is 0 Å². The summed E-state index contributed by atoms with van der Waals surface area (Å²) in [6.07, 6.45) is 0.562. The van der Waals surface area contributed by atoms with Gasteiger partial charge in [0.1, 0.15) is 0 Å². The molecular formula is C11H14N2O3S. The SMILES string of the molecule is O=C(NCCN1CCCOC1=O)c1cccs1. The van der Waals surface area contributed by atoms with Crippen LogP contribution in [-0.2, 0) is 4.74 Å². The van der Waals surface area contributed by atoms with Gasteiger partial charge >= 0.3 is 6.09 Å². The molecule has 0 aliphatic carbocycles. The van der Waals surface area contributed by atoms with Crippen LogP contribution in [0.25, 0.3) is 0 Å². The quantitative estimate of drug-likeness (QED) is 0.881. The van der Waals surface area contributed by atoms with Crippen LogP contribution in [0.4, 0.5) is 4.79 Å². The Bertz CT molecular complexity index is 391. The third-order valence-electron chi connectivity index (χ3n) is 2.47. The molecule has 0 aromatic carbocycles. The predicted octanol–water partition coefficient (Wildman–Crippen LogP) is 1.32. The fraction of sp³-hybridized carbons (Fsp3) is 0.455. The molecule has 0 radical (unpaired) electrons. The molecule has 0 bridgehead atoms. The standard InChI is InChI=1S/C11H14N2O3S/c14-10(9-3-1-8-17-9)12-4-6-13-5-2-7-16-11(13)15/h1,3,8H,2,4-7H2,(H,12,14). The second-order valence-corrected chi connectivity index (χ2v) is 4.64. The first-order valence-corrected chi connectivity index (χ1v) is 6.39. The highest BCUT2D eigenvalue weighted by Crippen LogP contribution is 2.07. The molecule has 6 heteroatoms. The van der Waals surface area contributed by atoms with Gasteiger partial charge in [-0.1, -0.05) is 6.07 Å². The van der Waals surface area contributed by atoms with Crippen molar-refractivity contribution in [2.24, 2.45) is 0 Å². The van der Waals surface area contributed by atoms with Gasteiger partial charge in [-0.25, -0.2) is 4.79 Å². The fourth-order valence-electron chi connectivity index (χ4n) is 1.60. The van der Waals surface area contributed by atoms with Crippen molar-refractivity contribution in [2.75, 3.05) is 26.2 Å². The Morgan fingerprint density at radius 3 is 3.18 bits per heavy atom. The predicted molar refractivity (Wildman–Crippen MR) is 64.2 cm³/mol. The number of thiophene rings is 1. The molecule has 1 aliphatic heterocycles. The normalized spacial score (nSPS) is 15.5. The fourth-order valence-corrected chi connectivity index (χ4v) is 2.24. The summed E-state index contributed by atoms with van der Waals surface area (Å²) in [5.41, 5.74) is 0. The number of hydrogen-bond donors (Lipinski definition) is 1. The zero-order chi connectivity index (χ0) is 12.1. The first kappa shape index (κ1) is 11.9. The summed E-state index contributed by atoms with van der Waals surface area (Å²) in [7, 11) is 0. The van der Waals surface area contributed by atoms with Gasteiger partial charge in [0.15, 0.2) is 0 Å². The Morgan fingerprint density at radius 2 is 2.47 bits per heavy atom. The minimum atomic E-state index is -0.290.